The van der Waals surface area contributed by atoms with Crippen molar-refractivity contribution in [2.75, 3.05) is 37.7 Å². The fourth-order valence-corrected chi connectivity index (χ4v) is 3.22. The lowest BCUT2D eigenvalue weighted by atomic mass is 10.1. The monoisotopic (exact) mass is 410 g/mol. The molecule has 154 valence electrons. The Morgan fingerprint density at radius 3 is 2.07 bits per heavy atom. The number of carbonyl (C=O) groups excluding carboxylic acids is 1. The Balaban J connectivity index is 1.29. The number of nitrogens with zero attached hydrogens (tertiary/aromatic N) is 4. The molecule has 6 nitrogen and oxygen atoms in total. The minimum Gasteiger partial charge on any atom is -0.484 e. The minimum absolute atomic E-state index is 0.0855. The molecular formula is C22H20F2N4O2. The highest BCUT2D eigenvalue weighted by Crippen LogP contribution is 2.20. The van der Waals surface area contributed by atoms with E-state index in [1.165, 1.54) is 36.4 Å². The van der Waals surface area contributed by atoms with Gasteiger partial charge in [0.25, 0.3) is 5.91 Å². The molecule has 1 aromatic heterocycles. The average molecular weight is 410 g/mol. The standard InChI is InChI=1S/C22H20F2N4O2/c23-17-3-1-16(2-4-17)20-9-10-21(26-25-20)27-11-13-28(14-12-27)22(29)15-30-19-7-5-18(24)6-8-19/h1-10H,11-15H2. The number of ether oxygens (including phenoxy) is 1. The lowest BCUT2D eigenvalue weighted by Gasteiger charge is -2.35. The fraction of sp³-hybridized carbons (Fsp3) is 0.227. The van der Waals surface area contributed by atoms with Crippen molar-refractivity contribution in [3.8, 4) is 17.0 Å². The molecule has 0 radical (unpaired) electrons. The Morgan fingerprint density at radius 1 is 0.833 bits per heavy atom. The molecule has 30 heavy (non-hydrogen) atoms. The highest BCUT2D eigenvalue weighted by Gasteiger charge is 2.22. The summed E-state index contributed by atoms with van der Waals surface area (Å²) in [6.45, 7) is 2.28. The summed E-state index contributed by atoms with van der Waals surface area (Å²) in [5.41, 5.74) is 1.47. The van der Waals surface area contributed by atoms with E-state index >= 15 is 0 Å². The second-order valence-corrected chi connectivity index (χ2v) is 6.89. The molecule has 0 bridgehead atoms. The third kappa shape index (κ3) is 4.71. The minimum atomic E-state index is -0.349. The van der Waals surface area contributed by atoms with E-state index < -0.39 is 0 Å². The summed E-state index contributed by atoms with van der Waals surface area (Å²) in [5.74, 6) is 0.435. The van der Waals surface area contributed by atoms with Crippen molar-refractivity contribution in [1.29, 1.82) is 0 Å². The predicted molar refractivity (Wildman–Crippen MR) is 108 cm³/mol. The highest BCUT2D eigenvalue weighted by atomic mass is 19.1. The zero-order valence-electron chi connectivity index (χ0n) is 16.2. The first-order chi connectivity index (χ1) is 14.6. The molecule has 1 aliphatic rings. The maximum absolute atomic E-state index is 13.1. The normalized spacial score (nSPS) is 13.9. The van der Waals surface area contributed by atoms with Gasteiger partial charge in [-0.15, -0.1) is 10.2 Å². The van der Waals surface area contributed by atoms with Gasteiger partial charge in [-0.1, -0.05) is 0 Å². The number of amides is 1. The van der Waals surface area contributed by atoms with Crippen LogP contribution in [0.25, 0.3) is 11.3 Å². The maximum Gasteiger partial charge on any atom is 0.260 e. The van der Waals surface area contributed by atoms with Crippen LogP contribution in [0.1, 0.15) is 0 Å². The van der Waals surface area contributed by atoms with Gasteiger partial charge in [-0.25, -0.2) is 8.78 Å². The third-order valence-electron chi connectivity index (χ3n) is 4.92. The van der Waals surface area contributed by atoms with Crippen molar-refractivity contribution in [2.45, 2.75) is 0 Å². The molecule has 0 spiro atoms. The quantitative estimate of drug-likeness (QED) is 0.647. The molecule has 0 aliphatic carbocycles. The van der Waals surface area contributed by atoms with Crippen LogP contribution in [-0.2, 0) is 4.79 Å². The van der Waals surface area contributed by atoms with Crippen LogP contribution in [0.4, 0.5) is 14.6 Å². The van der Waals surface area contributed by atoms with Gasteiger partial charge in [-0.05, 0) is 60.7 Å². The Morgan fingerprint density at radius 2 is 1.47 bits per heavy atom. The molecule has 1 amide bonds. The van der Waals surface area contributed by atoms with Crippen molar-refractivity contribution in [1.82, 2.24) is 15.1 Å². The molecule has 3 aromatic rings. The van der Waals surface area contributed by atoms with Crippen molar-refractivity contribution >= 4 is 11.7 Å². The number of hydrogen-bond donors (Lipinski definition) is 0. The second kappa shape index (κ2) is 8.86. The Kier molecular flexibility index (Phi) is 5.83. The number of carbonyl (C=O) groups is 1. The van der Waals surface area contributed by atoms with Crippen molar-refractivity contribution in [2.24, 2.45) is 0 Å². The van der Waals surface area contributed by atoms with E-state index in [9.17, 15) is 13.6 Å². The fourth-order valence-electron chi connectivity index (χ4n) is 3.22. The van der Waals surface area contributed by atoms with E-state index in [0.29, 0.717) is 37.6 Å². The number of anilines is 1. The lowest BCUT2D eigenvalue weighted by Crippen LogP contribution is -2.50. The van der Waals surface area contributed by atoms with E-state index in [1.807, 2.05) is 12.1 Å². The number of hydrogen-bond acceptors (Lipinski definition) is 5. The summed E-state index contributed by atoms with van der Waals surface area (Å²) in [6.07, 6.45) is 0. The van der Waals surface area contributed by atoms with Crippen LogP contribution in [0.5, 0.6) is 5.75 Å². The zero-order valence-corrected chi connectivity index (χ0v) is 16.2. The van der Waals surface area contributed by atoms with E-state index in [1.54, 1.807) is 17.0 Å². The molecule has 0 unspecified atom stereocenters. The molecule has 1 fully saturated rings. The van der Waals surface area contributed by atoms with Gasteiger partial charge >= 0.3 is 0 Å². The van der Waals surface area contributed by atoms with Gasteiger partial charge in [0, 0.05) is 31.7 Å². The molecular weight excluding hydrogens is 390 g/mol. The van der Waals surface area contributed by atoms with Crippen LogP contribution in [-0.4, -0.2) is 53.8 Å². The molecule has 1 saturated heterocycles. The van der Waals surface area contributed by atoms with Crippen molar-refractivity contribution in [3.63, 3.8) is 0 Å². The first-order valence-corrected chi connectivity index (χ1v) is 9.59. The number of rotatable bonds is 5. The van der Waals surface area contributed by atoms with Crippen LogP contribution >= 0.6 is 0 Å². The average Bonchev–Trinajstić information content (AvgIpc) is 2.79. The molecule has 1 aliphatic heterocycles. The lowest BCUT2D eigenvalue weighted by molar-refractivity contribution is -0.133. The van der Waals surface area contributed by atoms with Gasteiger partial charge in [0.1, 0.15) is 17.4 Å². The highest BCUT2D eigenvalue weighted by molar-refractivity contribution is 5.78. The second-order valence-electron chi connectivity index (χ2n) is 6.89. The van der Waals surface area contributed by atoms with Gasteiger partial charge in [0.05, 0.1) is 5.69 Å². The summed E-state index contributed by atoms with van der Waals surface area (Å²) in [7, 11) is 0. The summed E-state index contributed by atoms with van der Waals surface area (Å²) in [6, 6.07) is 15.4. The van der Waals surface area contributed by atoms with Crippen LogP contribution in [0.2, 0.25) is 0 Å². The number of aromatic nitrogens is 2. The van der Waals surface area contributed by atoms with Crippen LogP contribution in [0, 0.1) is 11.6 Å². The number of halogens is 2. The molecule has 2 aromatic carbocycles. The molecule has 8 heteroatoms. The largest absolute Gasteiger partial charge is 0.484 e. The van der Waals surface area contributed by atoms with Gasteiger partial charge in [0.15, 0.2) is 12.4 Å². The number of piperazine rings is 1. The van der Waals surface area contributed by atoms with Gasteiger partial charge in [-0.2, -0.15) is 0 Å². The van der Waals surface area contributed by atoms with Crippen molar-refractivity contribution < 1.29 is 18.3 Å². The van der Waals surface area contributed by atoms with E-state index in [0.717, 1.165) is 11.4 Å². The zero-order chi connectivity index (χ0) is 20.9. The summed E-state index contributed by atoms with van der Waals surface area (Å²) in [4.78, 5) is 16.2. The van der Waals surface area contributed by atoms with Gasteiger partial charge in [-0.3, -0.25) is 4.79 Å². The van der Waals surface area contributed by atoms with E-state index in [2.05, 4.69) is 15.1 Å². The Bertz CT molecular complexity index is 987. The first-order valence-electron chi connectivity index (χ1n) is 9.59. The van der Waals surface area contributed by atoms with Gasteiger partial charge < -0.3 is 14.5 Å². The summed E-state index contributed by atoms with van der Waals surface area (Å²) < 4.78 is 31.4. The SMILES string of the molecule is O=C(COc1ccc(F)cc1)N1CCN(c2ccc(-c3ccc(F)cc3)nn2)CC1. The Labute approximate surface area is 172 Å². The molecule has 0 saturated carbocycles. The molecule has 2 heterocycles. The molecule has 0 atom stereocenters. The van der Waals surface area contributed by atoms with Crippen LogP contribution < -0.4 is 9.64 Å². The summed E-state index contributed by atoms with van der Waals surface area (Å²) in [5, 5.41) is 8.51. The maximum atomic E-state index is 13.1. The topological polar surface area (TPSA) is 58.6 Å². The summed E-state index contributed by atoms with van der Waals surface area (Å²) >= 11 is 0. The molecule has 4 rings (SSSR count). The predicted octanol–water partition coefficient (Wildman–Crippen LogP) is 3.15. The van der Waals surface area contributed by atoms with Crippen molar-refractivity contribution in [3.05, 3.63) is 72.3 Å². The third-order valence-corrected chi connectivity index (χ3v) is 4.92. The van der Waals surface area contributed by atoms with E-state index in [-0.39, 0.29) is 24.1 Å². The van der Waals surface area contributed by atoms with E-state index in [4.69, 9.17) is 4.74 Å². The van der Waals surface area contributed by atoms with Crippen LogP contribution in [0.15, 0.2) is 60.7 Å². The van der Waals surface area contributed by atoms with Crippen LogP contribution in [0.3, 0.4) is 0 Å². The Hall–Kier alpha value is -3.55. The van der Waals surface area contributed by atoms with Gasteiger partial charge in [0.2, 0.25) is 0 Å². The smallest absolute Gasteiger partial charge is 0.260 e. The number of benzene rings is 2. The first kappa shape index (κ1) is 19.8. The molecule has 0 N–H and O–H groups in total.